The molecule has 0 saturated carbocycles. The molecule has 0 aliphatic carbocycles. The normalized spacial score (nSPS) is 12.3. The number of rotatable bonds is 4. The van der Waals surface area contributed by atoms with Crippen molar-refractivity contribution in [1.82, 2.24) is 10.0 Å². The Balaban J connectivity index is 2.91. The molecule has 0 atom stereocenters. The Kier molecular flexibility index (Phi) is 5.11. The maximum Gasteiger partial charge on any atom is 0.241 e. The Labute approximate surface area is 125 Å². The quantitative estimate of drug-likeness (QED) is 0.886. The summed E-state index contributed by atoms with van der Waals surface area (Å²) in [6.45, 7) is 8.06. The van der Waals surface area contributed by atoms with Crippen LogP contribution in [0, 0.1) is 19.7 Å². The Hall–Kier alpha value is -1.47. The van der Waals surface area contributed by atoms with Crippen molar-refractivity contribution in [2.75, 3.05) is 6.54 Å². The van der Waals surface area contributed by atoms with Gasteiger partial charge >= 0.3 is 0 Å². The molecule has 0 fully saturated rings. The lowest BCUT2D eigenvalue weighted by Crippen LogP contribution is -2.45. The summed E-state index contributed by atoms with van der Waals surface area (Å²) in [7, 11) is -3.87. The minimum Gasteiger partial charge on any atom is -0.350 e. The minimum absolute atomic E-state index is 0.00691. The van der Waals surface area contributed by atoms with E-state index in [-0.39, 0.29) is 11.4 Å². The number of carbonyl (C=O) groups is 1. The molecule has 0 aromatic heterocycles. The van der Waals surface area contributed by atoms with Gasteiger partial charge in [-0.2, -0.15) is 0 Å². The van der Waals surface area contributed by atoms with E-state index in [0.717, 1.165) is 12.1 Å². The molecular formula is C14H21FN2O3S. The monoisotopic (exact) mass is 316 g/mol. The maximum atomic E-state index is 13.2. The molecule has 0 radical (unpaired) electrons. The first kappa shape index (κ1) is 17.6. The fourth-order valence-electron chi connectivity index (χ4n) is 2.02. The number of amides is 1. The van der Waals surface area contributed by atoms with E-state index in [1.807, 2.05) is 0 Å². The summed E-state index contributed by atoms with van der Waals surface area (Å²) in [4.78, 5) is 11.7. The molecule has 0 aliphatic rings. The van der Waals surface area contributed by atoms with Gasteiger partial charge in [0.2, 0.25) is 15.9 Å². The third kappa shape index (κ3) is 5.09. The standard InChI is InChI=1S/C14H21FN2O3S/c1-9-6-11(15)7-10(2)13(9)21(19,20)16-8-12(18)17-14(3,4)5/h6-7,16H,8H2,1-5H3,(H,17,18). The average molecular weight is 316 g/mol. The molecule has 0 aliphatic heterocycles. The summed E-state index contributed by atoms with van der Waals surface area (Å²) < 4.78 is 39.9. The van der Waals surface area contributed by atoms with Gasteiger partial charge < -0.3 is 5.32 Å². The van der Waals surface area contributed by atoms with Crippen molar-refractivity contribution in [3.8, 4) is 0 Å². The third-order valence-corrected chi connectivity index (χ3v) is 4.34. The third-order valence-electron chi connectivity index (χ3n) is 2.63. The predicted molar refractivity (Wildman–Crippen MR) is 79.0 cm³/mol. The maximum absolute atomic E-state index is 13.2. The van der Waals surface area contributed by atoms with Crippen molar-refractivity contribution in [2.45, 2.75) is 45.1 Å². The Morgan fingerprint density at radius 1 is 1.19 bits per heavy atom. The molecule has 1 aromatic carbocycles. The number of hydrogen-bond donors (Lipinski definition) is 2. The molecule has 0 bridgehead atoms. The van der Waals surface area contributed by atoms with E-state index in [9.17, 15) is 17.6 Å². The molecule has 0 heterocycles. The van der Waals surface area contributed by atoms with E-state index in [1.165, 1.54) is 13.8 Å². The van der Waals surface area contributed by atoms with Gasteiger partial charge in [0.1, 0.15) is 5.82 Å². The van der Waals surface area contributed by atoms with Crippen molar-refractivity contribution in [1.29, 1.82) is 0 Å². The van der Waals surface area contributed by atoms with Gasteiger partial charge in [-0.1, -0.05) is 0 Å². The summed E-state index contributed by atoms with van der Waals surface area (Å²) in [5, 5.41) is 2.66. The zero-order valence-corrected chi connectivity index (χ0v) is 13.7. The second-order valence-electron chi connectivity index (χ2n) is 5.99. The highest BCUT2D eigenvalue weighted by molar-refractivity contribution is 7.89. The van der Waals surface area contributed by atoms with Crippen LogP contribution < -0.4 is 10.0 Å². The number of hydrogen-bond acceptors (Lipinski definition) is 3. The molecule has 118 valence electrons. The topological polar surface area (TPSA) is 75.3 Å². The highest BCUT2D eigenvalue weighted by atomic mass is 32.2. The number of halogens is 1. The zero-order chi connectivity index (χ0) is 16.4. The molecule has 1 rings (SSSR count). The van der Waals surface area contributed by atoms with E-state index in [4.69, 9.17) is 0 Å². The molecule has 5 nitrogen and oxygen atoms in total. The molecule has 2 N–H and O–H groups in total. The van der Waals surface area contributed by atoms with Crippen LogP contribution in [0.25, 0.3) is 0 Å². The van der Waals surface area contributed by atoms with Crippen molar-refractivity contribution in [2.24, 2.45) is 0 Å². The van der Waals surface area contributed by atoms with Crippen LogP contribution in [0.3, 0.4) is 0 Å². The SMILES string of the molecule is Cc1cc(F)cc(C)c1S(=O)(=O)NCC(=O)NC(C)(C)C. The lowest BCUT2D eigenvalue weighted by molar-refractivity contribution is -0.121. The van der Waals surface area contributed by atoms with Crippen molar-refractivity contribution < 1.29 is 17.6 Å². The van der Waals surface area contributed by atoms with Crippen LogP contribution in [0.1, 0.15) is 31.9 Å². The molecular weight excluding hydrogens is 295 g/mol. The fraction of sp³-hybridized carbons (Fsp3) is 0.500. The summed E-state index contributed by atoms with van der Waals surface area (Å²) in [5.74, 6) is -0.919. The van der Waals surface area contributed by atoms with Crippen LogP contribution in [0.4, 0.5) is 4.39 Å². The number of carbonyl (C=O) groups excluding carboxylic acids is 1. The zero-order valence-electron chi connectivity index (χ0n) is 12.9. The smallest absolute Gasteiger partial charge is 0.241 e. The molecule has 0 unspecified atom stereocenters. The molecule has 1 amide bonds. The average Bonchev–Trinajstić information content (AvgIpc) is 2.22. The summed E-state index contributed by atoms with van der Waals surface area (Å²) in [6, 6.07) is 2.30. The number of sulfonamides is 1. The number of aryl methyl sites for hydroxylation is 2. The second kappa shape index (κ2) is 6.11. The molecule has 21 heavy (non-hydrogen) atoms. The van der Waals surface area contributed by atoms with Crippen molar-refractivity contribution in [3.05, 3.63) is 29.1 Å². The van der Waals surface area contributed by atoms with Gasteiger partial charge in [0, 0.05) is 5.54 Å². The van der Waals surface area contributed by atoms with Gasteiger partial charge in [0.05, 0.1) is 11.4 Å². The van der Waals surface area contributed by atoms with Crippen LogP contribution in [0.2, 0.25) is 0 Å². The lowest BCUT2D eigenvalue weighted by atomic mass is 10.1. The molecule has 7 heteroatoms. The van der Waals surface area contributed by atoms with Crippen LogP contribution in [0.15, 0.2) is 17.0 Å². The van der Waals surface area contributed by atoms with Crippen LogP contribution in [-0.4, -0.2) is 26.4 Å². The summed E-state index contributed by atoms with van der Waals surface area (Å²) >= 11 is 0. The van der Waals surface area contributed by atoms with Gasteiger partial charge in [0.25, 0.3) is 0 Å². The van der Waals surface area contributed by atoms with E-state index in [0.29, 0.717) is 11.1 Å². The Morgan fingerprint density at radius 2 is 1.67 bits per heavy atom. The van der Waals surface area contributed by atoms with E-state index in [1.54, 1.807) is 20.8 Å². The number of benzene rings is 1. The number of nitrogens with one attached hydrogen (secondary N) is 2. The van der Waals surface area contributed by atoms with Gasteiger partial charge in [-0.05, 0) is 57.9 Å². The fourth-order valence-corrected chi connectivity index (χ4v) is 3.45. The second-order valence-corrected chi connectivity index (χ2v) is 7.70. The Morgan fingerprint density at radius 3 is 2.10 bits per heavy atom. The van der Waals surface area contributed by atoms with Crippen LogP contribution >= 0.6 is 0 Å². The van der Waals surface area contributed by atoms with Crippen LogP contribution in [0.5, 0.6) is 0 Å². The first-order valence-electron chi connectivity index (χ1n) is 6.50. The molecule has 0 saturated heterocycles. The van der Waals surface area contributed by atoms with E-state index in [2.05, 4.69) is 10.0 Å². The summed E-state index contributed by atoms with van der Waals surface area (Å²) in [5.41, 5.74) is 0.164. The van der Waals surface area contributed by atoms with Gasteiger partial charge in [-0.25, -0.2) is 17.5 Å². The molecule has 1 aromatic rings. The highest BCUT2D eigenvalue weighted by Gasteiger charge is 2.22. The predicted octanol–water partition coefficient (Wildman–Crippen LogP) is 1.64. The van der Waals surface area contributed by atoms with Crippen molar-refractivity contribution in [3.63, 3.8) is 0 Å². The van der Waals surface area contributed by atoms with Gasteiger partial charge in [-0.3, -0.25) is 4.79 Å². The molecule has 0 spiro atoms. The van der Waals surface area contributed by atoms with E-state index >= 15 is 0 Å². The largest absolute Gasteiger partial charge is 0.350 e. The van der Waals surface area contributed by atoms with E-state index < -0.39 is 27.3 Å². The summed E-state index contributed by atoms with van der Waals surface area (Å²) in [6.07, 6.45) is 0. The van der Waals surface area contributed by atoms with Crippen molar-refractivity contribution >= 4 is 15.9 Å². The highest BCUT2D eigenvalue weighted by Crippen LogP contribution is 2.21. The van der Waals surface area contributed by atoms with Gasteiger partial charge in [-0.15, -0.1) is 0 Å². The first-order chi connectivity index (χ1) is 9.42. The minimum atomic E-state index is -3.87. The lowest BCUT2D eigenvalue weighted by Gasteiger charge is -2.20. The van der Waals surface area contributed by atoms with Crippen LogP contribution in [-0.2, 0) is 14.8 Å². The Bertz CT molecular complexity index is 626. The first-order valence-corrected chi connectivity index (χ1v) is 7.98. The van der Waals surface area contributed by atoms with Gasteiger partial charge in [0.15, 0.2) is 0 Å².